The van der Waals surface area contributed by atoms with Gasteiger partial charge in [-0.15, -0.1) is 0 Å². The SMILES string of the molecule is Cc1cn([C@H]2CC(O)[C@@H](COP(=O)(O)OP(=O)(O)CP(=O)(O)OP(=O)(O)OCCN)O2)c(=O)[nH]c1=O. The molecule has 0 aromatic carbocycles. The second-order valence-electron chi connectivity index (χ2n) is 7.35. The first kappa shape index (κ1) is 31.4. The third-order valence-corrected chi connectivity index (χ3v) is 11.8. The standard InChI is InChI=1S/C13H25N3O16P4/c1-8-5-16(13(19)15-12(8)18)11-4-9(17)10(30-11)6-29-36(26,27)32-34(22,23)7-33(20,21)31-35(24,25)28-3-2-14/h5,9-11,17H,2-4,6-7,14H2,1H3,(H,20,21)(H,22,23)(H,24,25)(H,26,27)(H,15,18,19)/t9?,10-,11-/m1/s1. The van der Waals surface area contributed by atoms with E-state index in [-0.39, 0.29) is 18.5 Å². The number of rotatable bonds is 13. The topological polar surface area (TPSA) is 296 Å². The summed E-state index contributed by atoms with van der Waals surface area (Å²) in [5, 5.41) is 10.1. The van der Waals surface area contributed by atoms with E-state index in [0.717, 1.165) is 4.57 Å². The van der Waals surface area contributed by atoms with Crippen molar-refractivity contribution in [2.24, 2.45) is 5.73 Å². The van der Waals surface area contributed by atoms with Crippen LogP contribution in [0.25, 0.3) is 0 Å². The first-order chi connectivity index (χ1) is 16.4. The maximum Gasteiger partial charge on any atom is 0.479 e. The molecule has 19 nitrogen and oxygen atoms in total. The number of aliphatic hydroxyl groups is 1. The lowest BCUT2D eigenvalue weighted by Crippen LogP contribution is -2.33. The average molecular weight is 603 g/mol. The van der Waals surface area contributed by atoms with Crippen LogP contribution in [0.5, 0.6) is 0 Å². The number of nitrogens with two attached hydrogens (primary N) is 1. The first-order valence-corrected chi connectivity index (χ1v) is 16.2. The largest absolute Gasteiger partial charge is 0.479 e. The minimum atomic E-state index is -5.47. The van der Waals surface area contributed by atoms with Crippen molar-refractivity contribution in [3.8, 4) is 0 Å². The van der Waals surface area contributed by atoms with E-state index in [1.165, 1.54) is 13.1 Å². The fourth-order valence-electron chi connectivity index (χ4n) is 2.82. The Morgan fingerprint density at radius 1 is 1.08 bits per heavy atom. The fourth-order valence-corrected chi connectivity index (χ4v) is 9.60. The van der Waals surface area contributed by atoms with Crippen LogP contribution in [0.2, 0.25) is 0 Å². The van der Waals surface area contributed by atoms with Gasteiger partial charge in [-0.05, 0) is 6.92 Å². The highest BCUT2D eigenvalue weighted by Gasteiger charge is 2.45. The summed E-state index contributed by atoms with van der Waals surface area (Å²) < 4.78 is 70.6. The first-order valence-electron chi connectivity index (χ1n) is 9.72. The minimum absolute atomic E-state index is 0.160. The number of nitrogens with zero attached hydrogens (tertiary/aromatic N) is 1. The number of phosphoric ester groups is 2. The van der Waals surface area contributed by atoms with Crippen molar-refractivity contribution in [1.82, 2.24) is 9.55 Å². The molecule has 0 aliphatic carbocycles. The second-order valence-corrected chi connectivity index (χ2v) is 14.7. The Bertz CT molecular complexity index is 1250. The summed E-state index contributed by atoms with van der Waals surface area (Å²) >= 11 is 0. The van der Waals surface area contributed by atoms with Gasteiger partial charge in [-0.2, -0.15) is 0 Å². The van der Waals surface area contributed by atoms with Gasteiger partial charge in [0.05, 0.1) is 19.3 Å². The summed E-state index contributed by atoms with van der Waals surface area (Å²) in [5.41, 5.74) is 3.71. The van der Waals surface area contributed by atoms with E-state index in [1.807, 2.05) is 4.98 Å². The van der Waals surface area contributed by atoms with Crippen molar-refractivity contribution < 1.29 is 65.3 Å². The molecule has 2 heterocycles. The van der Waals surface area contributed by atoms with Gasteiger partial charge in [0, 0.05) is 24.7 Å². The van der Waals surface area contributed by atoms with Crippen LogP contribution in [0.1, 0.15) is 18.2 Å². The van der Waals surface area contributed by atoms with Gasteiger partial charge in [0.25, 0.3) is 5.56 Å². The average Bonchev–Trinajstić information content (AvgIpc) is 3.05. The molecule has 2 rings (SSSR count). The molecule has 0 spiro atoms. The number of ether oxygens (including phenoxy) is 1. The molecule has 8 N–H and O–H groups in total. The molecular formula is C13H25N3O16P4. The third kappa shape index (κ3) is 9.48. The summed E-state index contributed by atoms with van der Waals surface area (Å²) in [7, 11) is -21.5. The molecule has 0 saturated carbocycles. The van der Waals surface area contributed by atoms with E-state index >= 15 is 0 Å². The number of aliphatic hydroxyl groups excluding tert-OH is 1. The lowest BCUT2D eigenvalue weighted by Gasteiger charge is -2.21. The molecule has 0 bridgehead atoms. The van der Waals surface area contributed by atoms with Gasteiger partial charge in [-0.3, -0.25) is 32.5 Å². The zero-order valence-electron chi connectivity index (χ0n) is 18.4. The Morgan fingerprint density at radius 3 is 2.19 bits per heavy atom. The molecule has 0 amide bonds. The predicted octanol–water partition coefficient (Wildman–Crippen LogP) is -0.952. The molecule has 36 heavy (non-hydrogen) atoms. The lowest BCUT2D eigenvalue weighted by atomic mass is 10.2. The van der Waals surface area contributed by atoms with Crippen LogP contribution in [-0.2, 0) is 40.7 Å². The van der Waals surface area contributed by atoms with E-state index in [0.29, 0.717) is 0 Å². The van der Waals surface area contributed by atoms with Crippen LogP contribution in [0.15, 0.2) is 15.8 Å². The highest BCUT2D eigenvalue weighted by Crippen LogP contribution is 2.70. The molecule has 208 valence electrons. The Morgan fingerprint density at radius 2 is 1.64 bits per heavy atom. The van der Waals surface area contributed by atoms with E-state index < -0.39 is 79.6 Å². The van der Waals surface area contributed by atoms with Crippen molar-refractivity contribution in [2.45, 2.75) is 31.8 Å². The molecule has 0 radical (unpaired) electrons. The summed E-state index contributed by atoms with van der Waals surface area (Å²) in [6.45, 7) is -0.324. The van der Waals surface area contributed by atoms with E-state index in [1.54, 1.807) is 0 Å². The van der Waals surface area contributed by atoms with Gasteiger partial charge in [0.15, 0.2) is 5.90 Å². The Balaban J connectivity index is 1.99. The second kappa shape index (κ2) is 11.9. The van der Waals surface area contributed by atoms with Crippen molar-refractivity contribution in [3.05, 3.63) is 32.6 Å². The number of H-pyrrole nitrogens is 1. The fraction of sp³-hybridized carbons (Fsp3) is 0.692. The predicted molar refractivity (Wildman–Crippen MR) is 118 cm³/mol. The maximum atomic E-state index is 12.1. The van der Waals surface area contributed by atoms with Crippen LogP contribution in [0.4, 0.5) is 0 Å². The van der Waals surface area contributed by atoms with E-state index in [9.17, 15) is 52.5 Å². The van der Waals surface area contributed by atoms with Crippen molar-refractivity contribution in [1.29, 1.82) is 0 Å². The summed E-state index contributed by atoms with van der Waals surface area (Å²) in [5.74, 6) is -1.90. The number of hydrogen-bond donors (Lipinski definition) is 7. The zero-order valence-corrected chi connectivity index (χ0v) is 22.0. The molecule has 1 fully saturated rings. The van der Waals surface area contributed by atoms with Crippen LogP contribution in [0.3, 0.4) is 0 Å². The number of aryl methyl sites for hydroxylation is 1. The maximum absolute atomic E-state index is 12.1. The van der Waals surface area contributed by atoms with E-state index in [4.69, 9.17) is 10.5 Å². The van der Waals surface area contributed by atoms with Gasteiger partial charge in [-0.25, -0.2) is 22.5 Å². The van der Waals surface area contributed by atoms with Gasteiger partial charge in [0.1, 0.15) is 12.3 Å². The number of nitrogens with one attached hydrogen (secondary N) is 1. The van der Waals surface area contributed by atoms with Crippen LogP contribution in [0, 0.1) is 6.92 Å². The van der Waals surface area contributed by atoms with Gasteiger partial charge in [-0.1, -0.05) is 0 Å². The highest BCUT2D eigenvalue weighted by atomic mass is 31.3. The van der Waals surface area contributed by atoms with Crippen molar-refractivity contribution in [2.75, 3.05) is 25.7 Å². The highest BCUT2D eigenvalue weighted by molar-refractivity contribution is 7.76. The Kier molecular flexibility index (Phi) is 10.4. The molecule has 1 aliphatic rings. The Hall–Kier alpha value is -0.840. The quantitative estimate of drug-likeness (QED) is 0.134. The van der Waals surface area contributed by atoms with Crippen LogP contribution < -0.4 is 17.0 Å². The van der Waals surface area contributed by atoms with Crippen LogP contribution >= 0.6 is 30.8 Å². The van der Waals surface area contributed by atoms with Crippen molar-refractivity contribution >= 4 is 30.8 Å². The molecule has 1 saturated heterocycles. The number of phosphoric acid groups is 2. The zero-order chi connectivity index (χ0) is 27.5. The number of aromatic nitrogens is 2. The third-order valence-electron chi connectivity index (χ3n) is 4.25. The molecule has 5 unspecified atom stereocenters. The molecule has 1 aromatic rings. The van der Waals surface area contributed by atoms with E-state index in [2.05, 4.69) is 17.7 Å². The normalized spacial score (nSPS) is 27.0. The summed E-state index contributed by atoms with van der Waals surface area (Å²) in [4.78, 5) is 63.8. The summed E-state index contributed by atoms with van der Waals surface area (Å²) in [6.07, 6.45) is -2.83. The molecule has 23 heteroatoms. The minimum Gasteiger partial charge on any atom is -0.390 e. The number of hydrogen-bond acceptors (Lipinski definition) is 13. The van der Waals surface area contributed by atoms with Crippen molar-refractivity contribution in [3.63, 3.8) is 0 Å². The van der Waals surface area contributed by atoms with Crippen LogP contribution in [-0.4, -0.2) is 72.1 Å². The number of aromatic amines is 1. The van der Waals surface area contributed by atoms with Gasteiger partial charge < -0.3 is 35.2 Å². The molecule has 1 aromatic heterocycles. The van der Waals surface area contributed by atoms with Gasteiger partial charge in [0.2, 0.25) is 0 Å². The monoisotopic (exact) mass is 603 g/mol. The molecule has 1 aliphatic heterocycles. The van der Waals surface area contributed by atoms with Gasteiger partial charge >= 0.3 is 36.5 Å². The smallest absolute Gasteiger partial charge is 0.390 e. The summed E-state index contributed by atoms with van der Waals surface area (Å²) in [6, 6.07) is 0. The Labute approximate surface area is 202 Å². The molecular weight excluding hydrogens is 578 g/mol. The molecule has 7 atom stereocenters. The lowest BCUT2D eigenvalue weighted by molar-refractivity contribution is -0.0448.